The number of carbonyl (C=O) groups excluding carboxylic acids is 2. The van der Waals surface area contributed by atoms with E-state index in [0.29, 0.717) is 17.1 Å². The number of hydrogen-bond acceptors (Lipinski definition) is 6. The molecule has 0 saturated carbocycles. The Morgan fingerprint density at radius 2 is 1.69 bits per heavy atom. The first-order valence-electron chi connectivity index (χ1n) is 12.1. The van der Waals surface area contributed by atoms with Gasteiger partial charge in [-0.05, 0) is 37.5 Å². The number of anilines is 1. The van der Waals surface area contributed by atoms with Crippen molar-refractivity contribution in [1.29, 1.82) is 0 Å². The number of nitrogens with zero attached hydrogens (tertiary/aromatic N) is 2. The number of rotatable bonds is 8. The van der Waals surface area contributed by atoms with E-state index in [1.807, 2.05) is 37.4 Å². The van der Waals surface area contributed by atoms with Gasteiger partial charge in [-0.15, -0.1) is 11.3 Å². The fourth-order valence-electron chi connectivity index (χ4n) is 4.49. The molecule has 1 amide bonds. The minimum atomic E-state index is -0.409. The number of nitrogens with one attached hydrogen (secondary N) is 1. The Morgan fingerprint density at radius 1 is 0.971 bits per heavy atom. The average molecular weight is 492 g/mol. The smallest absolute Gasteiger partial charge is 0.341 e. The first kappa shape index (κ1) is 25.1. The minimum Gasteiger partial charge on any atom is -0.462 e. The van der Waals surface area contributed by atoms with E-state index < -0.39 is 5.97 Å². The van der Waals surface area contributed by atoms with E-state index in [9.17, 15) is 9.59 Å². The van der Waals surface area contributed by atoms with E-state index in [2.05, 4.69) is 45.4 Å². The molecular weight excluding hydrogens is 458 g/mol. The lowest BCUT2D eigenvalue weighted by Gasteiger charge is -2.34. The van der Waals surface area contributed by atoms with Crippen LogP contribution in [0, 0.1) is 13.8 Å². The zero-order chi connectivity index (χ0) is 24.8. The van der Waals surface area contributed by atoms with E-state index in [1.165, 1.54) is 16.9 Å². The number of esters is 1. The lowest BCUT2D eigenvalue weighted by atomic mass is 9.97. The van der Waals surface area contributed by atoms with Crippen LogP contribution in [-0.2, 0) is 16.1 Å². The van der Waals surface area contributed by atoms with Gasteiger partial charge in [-0.25, -0.2) is 4.79 Å². The number of piperazine rings is 1. The van der Waals surface area contributed by atoms with E-state index in [0.717, 1.165) is 55.0 Å². The maximum absolute atomic E-state index is 12.9. The fourth-order valence-corrected chi connectivity index (χ4v) is 5.45. The summed E-state index contributed by atoms with van der Waals surface area (Å²) in [7, 11) is 0. The molecule has 0 unspecified atom stereocenters. The van der Waals surface area contributed by atoms with Crippen molar-refractivity contribution >= 4 is 28.2 Å². The molecule has 1 fully saturated rings. The first-order chi connectivity index (χ1) is 16.9. The van der Waals surface area contributed by atoms with Crippen molar-refractivity contribution in [3.8, 4) is 11.1 Å². The third kappa shape index (κ3) is 6.36. The molecule has 6 nitrogen and oxygen atoms in total. The van der Waals surface area contributed by atoms with Crippen LogP contribution in [0.5, 0.6) is 0 Å². The van der Waals surface area contributed by atoms with Gasteiger partial charge in [0, 0.05) is 43.7 Å². The van der Waals surface area contributed by atoms with Crippen LogP contribution in [0.3, 0.4) is 0 Å². The summed E-state index contributed by atoms with van der Waals surface area (Å²) in [5.74, 6) is -0.519. The SMILES string of the molecule is CCOC(=O)c1c(-c2ccc(C)cc2C)csc1NC(=O)CN1CCN(Cc2ccccc2)CC1. The molecule has 0 bridgehead atoms. The van der Waals surface area contributed by atoms with Crippen molar-refractivity contribution in [3.63, 3.8) is 0 Å². The molecule has 0 atom stereocenters. The summed E-state index contributed by atoms with van der Waals surface area (Å²) in [5.41, 5.74) is 5.77. The van der Waals surface area contributed by atoms with Gasteiger partial charge in [-0.2, -0.15) is 0 Å². The molecule has 7 heteroatoms. The van der Waals surface area contributed by atoms with Crippen LogP contribution in [0.15, 0.2) is 53.9 Å². The van der Waals surface area contributed by atoms with E-state index in [4.69, 9.17) is 4.74 Å². The Morgan fingerprint density at radius 3 is 2.37 bits per heavy atom. The highest BCUT2D eigenvalue weighted by Crippen LogP contribution is 2.38. The zero-order valence-electron chi connectivity index (χ0n) is 20.7. The summed E-state index contributed by atoms with van der Waals surface area (Å²) >= 11 is 1.37. The van der Waals surface area contributed by atoms with Gasteiger partial charge in [0.1, 0.15) is 10.6 Å². The summed E-state index contributed by atoms with van der Waals surface area (Å²) in [4.78, 5) is 30.4. The maximum atomic E-state index is 12.9. The molecule has 1 N–H and O–H groups in total. The number of thiophene rings is 1. The molecule has 1 aliphatic rings. The van der Waals surface area contributed by atoms with Gasteiger partial charge in [0.05, 0.1) is 13.2 Å². The fraction of sp³-hybridized carbons (Fsp3) is 0.357. The molecule has 1 aromatic heterocycles. The largest absolute Gasteiger partial charge is 0.462 e. The van der Waals surface area contributed by atoms with Crippen LogP contribution < -0.4 is 5.32 Å². The van der Waals surface area contributed by atoms with Crippen molar-refractivity contribution in [2.45, 2.75) is 27.3 Å². The lowest BCUT2D eigenvalue weighted by Crippen LogP contribution is -2.48. The standard InChI is InChI=1S/C28H33N3O3S/c1-4-34-28(33)26-24(23-11-10-20(2)16-21(23)3)19-35-27(26)29-25(32)18-31-14-12-30(13-15-31)17-22-8-6-5-7-9-22/h5-11,16,19H,4,12-15,17-18H2,1-3H3,(H,29,32). The van der Waals surface area contributed by atoms with E-state index >= 15 is 0 Å². The summed E-state index contributed by atoms with van der Waals surface area (Å²) in [6, 6.07) is 16.6. The number of carbonyl (C=O) groups is 2. The molecule has 184 valence electrons. The summed E-state index contributed by atoms with van der Waals surface area (Å²) < 4.78 is 5.35. The molecule has 1 saturated heterocycles. The second kappa shape index (κ2) is 11.6. The van der Waals surface area contributed by atoms with E-state index in [1.54, 1.807) is 6.92 Å². The predicted octanol–water partition coefficient (Wildman–Crippen LogP) is 4.96. The van der Waals surface area contributed by atoms with Gasteiger partial charge in [-0.3, -0.25) is 14.6 Å². The molecule has 0 aliphatic carbocycles. The number of amides is 1. The summed E-state index contributed by atoms with van der Waals surface area (Å²) in [6.07, 6.45) is 0. The quantitative estimate of drug-likeness (QED) is 0.451. The van der Waals surface area contributed by atoms with Crippen molar-refractivity contribution in [2.75, 3.05) is 44.6 Å². The van der Waals surface area contributed by atoms with Crippen LogP contribution in [0.2, 0.25) is 0 Å². The third-order valence-corrected chi connectivity index (χ3v) is 7.17. The van der Waals surface area contributed by atoms with Gasteiger partial charge >= 0.3 is 5.97 Å². The van der Waals surface area contributed by atoms with Gasteiger partial charge in [0.2, 0.25) is 5.91 Å². The highest BCUT2D eigenvalue weighted by atomic mass is 32.1. The Bertz CT molecular complexity index is 1170. The van der Waals surface area contributed by atoms with Crippen molar-refractivity contribution < 1.29 is 14.3 Å². The van der Waals surface area contributed by atoms with Crippen LogP contribution in [0.25, 0.3) is 11.1 Å². The molecule has 2 heterocycles. The number of benzene rings is 2. The molecule has 0 radical (unpaired) electrons. The van der Waals surface area contributed by atoms with Crippen molar-refractivity contribution in [1.82, 2.24) is 9.80 Å². The van der Waals surface area contributed by atoms with Gasteiger partial charge in [0.25, 0.3) is 0 Å². The zero-order valence-corrected chi connectivity index (χ0v) is 21.5. The summed E-state index contributed by atoms with van der Waals surface area (Å²) in [5, 5.41) is 5.47. The maximum Gasteiger partial charge on any atom is 0.341 e. The molecule has 35 heavy (non-hydrogen) atoms. The molecular formula is C28H33N3O3S. The molecule has 4 rings (SSSR count). The average Bonchev–Trinajstić information content (AvgIpc) is 3.24. The Kier molecular flexibility index (Phi) is 8.33. The second-order valence-electron chi connectivity index (χ2n) is 8.98. The molecule has 2 aromatic carbocycles. The monoisotopic (exact) mass is 491 g/mol. The van der Waals surface area contributed by atoms with Crippen LogP contribution in [-0.4, -0.2) is 61.0 Å². The summed E-state index contributed by atoms with van der Waals surface area (Å²) in [6.45, 7) is 10.9. The van der Waals surface area contributed by atoms with Crippen LogP contribution >= 0.6 is 11.3 Å². The van der Waals surface area contributed by atoms with Crippen LogP contribution in [0.1, 0.15) is 34.0 Å². The molecule has 3 aromatic rings. The highest BCUT2D eigenvalue weighted by molar-refractivity contribution is 7.15. The van der Waals surface area contributed by atoms with Gasteiger partial charge < -0.3 is 10.1 Å². The number of aryl methyl sites for hydroxylation is 2. The highest BCUT2D eigenvalue weighted by Gasteiger charge is 2.25. The van der Waals surface area contributed by atoms with Crippen molar-refractivity contribution in [2.24, 2.45) is 0 Å². The normalized spacial score (nSPS) is 14.6. The van der Waals surface area contributed by atoms with Gasteiger partial charge in [0.15, 0.2) is 0 Å². The molecule has 1 aliphatic heterocycles. The second-order valence-corrected chi connectivity index (χ2v) is 9.86. The Hall–Kier alpha value is -3.00. The van der Waals surface area contributed by atoms with Crippen LogP contribution in [0.4, 0.5) is 5.00 Å². The number of hydrogen-bond donors (Lipinski definition) is 1. The lowest BCUT2D eigenvalue weighted by molar-refractivity contribution is -0.117. The minimum absolute atomic E-state index is 0.110. The Balaban J connectivity index is 1.41. The first-order valence-corrected chi connectivity index (χ1v) is 13.0. The van der Waals surface area contributed by atoms with Crippen molar-refractivity contribution in [3.05, 3.63) is 76.2 Å². The number of ether oxygens (including phenoxy) is 1. The van der Waals surface area contributed by atoms with E-state index in [-0.39, 0.29) is 12.5 Å². The Labute approximate surface area is 211 Å². The predicted molar refractivity (Wildman–Crippen MR) is 142 cm³/mol. The topological polar surface area (TPSA) is 61.9 Å². The third-order valence-electron chi connectivity index (χ3n) is 6.28. The molecule has 0 spiro atoms. The van der Waals surface area contributed by atoms with Gasteiger partial charge in [-0.1, -0.05) is 54.1 Å².